The summed E-state index contributed by atoms with van der Waals surface area (Å²) >= 11 is 0. The molecule has 1 N–H and O–H groups in total. The van der Waals surface area contributed by atoms with Gasteiger partial charge in [0.25, 0.3) is 0 Å². The Kier molecular flexibility index (Phi) is 4.39. The fourth-order valence-corrected chi connectivity index (χ4v) is 1.69. The summed E-state index contributed by atoms with van der Waals surface area (Å²) in [4.78, 5) is 13.4. The van der Waals surface area contributed by atoms with Crippen molar-refractivity contribution in [3.8, 4) is 0 Å². The first-order valence-corrected chi connectivity index (χ1v) is 5.50. The summed E-state index contributed by atoms with van der Waals surface area (Å²) in [7, 11) is 1.88. The van der Waals surface area contributed by atoms with E-state index in [1.807, 2.05) is 11.9 Å². The van der Waals surface area contributed by atoms with Crippen LogP contribution in [0.25, 0.3) is 0 Å². The number of carbonyl (C=O) groups is 1. The maximum atomic E-state index is 11.5. The van der Waals surface area contributed by atoms with E-state index in [4.69, 9.17) is 5.11 Å². The van der Waals surface area contributed by atoms with Crippen LogP contribution in [0.5, 0.6) is 0 Å². The Morgan fingerprint density at radius 2 is 2.14 bits per heavy atom. The first-order chi connectivity index (χ1) is 6.65. The van der Waals surface area contributed by atoms with Crippen LogP contribution in [0.2, 0.25) is 0 Å². The number of hydrogen-bond acceptors (Lipinski definition) is 2. The minimum atomic E-state index is 0.191. The molecule has 0 heterocycles. The van der Waals surface area contributed by atoms with Gasteiger partial charge in [-0.1, -0.05) is 6.92 Å². The fourth-order valence-electron chi connectivity index (χ4n) is 1.69. The first-order valence-electron chi connectivity index (χ1n) is 5.50. The highest BCUT2D eigenvalue weighted by atomic mass is 16.3. The van der Waals surface area contributed by atoms with Crippen molar-refractivity contribution in [3.05, 3.63) is 0 Å². The molecule has 0 radical (unpaired) electrons. The van der Waals surface area contributed by atoms with Gasteiger partial charge in [-0.3, -0.25) is 4.79 Å². The Morgan fingerprint density at radius 1 is 1.50 bits per heavy atom. The van der Waals surface area contributed by atoms with E-state index in [1.165, 1.54) is 6.42 Å². The lowest BCUT2D eigenvalue weighted by atomic mass is 10.2. The molecule has 3 nitrogen and oxygen atoms in total. The van der Waals surface area contributed by atoms with E-state index in [9.17, 15) is 4.79 Å². The monoisotopic (exact) mass is 199 g/mol. The second-order valence-electron chi connectivity index (χ2n) is 4.43. The third-order valence-corrected chi connectivity index (χ3v) is 3.01. The molecular formula is C11H21NO2. The SMILES string of the molecule is CC1CC1CN(C)C(=O)CCCCO. The highest BCUT2D eigenvalue weighted by molar-refractivity contribution is 5.75. The molecule has 0 aromatic carbocycles. The lowest BCUT2D eigenvalue weighted by Gasteiger charge is -2.16. The maximum absolute atomic E-state index is 11.5. The van der Waals surface area contributed by atoms with Gasteiger partial charge in [0.2, 0.25) is 5.91 Å². The van der Waals surface area contributed by atoms with E-state index in [1.54, 1.807) is 0 Å². The molecule has 0 bridgehead atoms. The zero-order valence-corrected chi connectivity index (χ0v) is 9.20. The third-order valence-electron chi connectivity index (χ3n) is 3.01. The number of carbonyl (C=O) groups excluding carboxylic acids is 1. The van der Waals surface area contributed by atoms with E-state index >= 15 is 0 Å². The van der Waals surface area contributed by atoms with Gasteiger partial charge in [-0.2, -0.15) is 0 Å². The summed E-state index contributed by atoms with van der Waals surface area (Å²) in [5.41, 5.74) is 0. The van der Waals surface area contributed by atoms with E-state index < -0.39 is 0 Å². The van der Waals surface area contributed by atoms with Crippen LogP contribution in [-0.4, -0.2) is 36.1 Å². The molecule has 1 saturated carbocycles. The molecule has 1 aliphatic rings. The van der Waals surface area contributed by atoms with Crippen molar-refractivity contribution in [2.24, 2.45) is 11.8 Å². The summed E-state index contributed by atoms with van der Waals surface area (Å²) in [5, 5.41) is 8.58. The molecule has 0 aromatic rings. The number of aliphatic hydroxyl groups is 1. The fraction of sp³-hybridized carbons (Fsp3) is 0.909. The molecule has 0 spiro atoms. The van der Waals surface area contributed by atoms with Gasteiger partial charge in [-0.25, -0.2) is 0 Å². The highest BCUT2D eigenvalue weighted by Gasteiger charge is 2.33. The van der Waals surface area contributed by atoms with Crippen LogP contribution in [-0.2, 0) is 4.79 Å². The second-order valence-corrected chi connectivity index (χ2v) is 4.43. The van der Waals surface area contributed by atoms with Crippen LogP contribution in [0.1, 0.15) is 32.6 Å². The summed E-state index contributed by atoms with van der Waals surface area (Å²) < 4.78 is 0. The van der Waals surface area contributed by atoms with Gasteiger partial charge in [-0.05, 0) is 31.1 Å². The molecule has 0 aromatic heterocycles. The number of rotatable bonds is 6. The predicted molar refractivity (Wildman–Crippen MR) is 55.8 cm³/mol. The van der Waals surface area contributed by atoms with Crippen LogP contribution >= 0.6 is 0 Å². The quantitative estimate of drug-likeness (QED) is 0.654. The Hall–Kier alpha value is -0.570. The van der Waals surface area contributed by atoms with Gasteiger partial charge >= 0.3 is 0 Å². The molecule has 1 aliphatic carbocycles. The van der Waals surface area contributed by atoms with Crippen molar-refractivity contribution >= 4 is 5.91 Å². The second kappa shape index (κ2) is 5.35. The molecular weight excluding hydrogens is 178 g/mol. The van der Waals surface area contributed by atoms with Crippen LogP contribution in [0, 0.1) is 11.8 Å². The molecule has 2 atom stereocenters. The van der Waals surface area contributed by atoms with Gasteiger partial charge < -0.3 is 10.0 Å². The van der Waals surface area contributed by atoms with E-state index in [0.29, 0.717) is 6.42 Å². The summed E-state index contributed by atoms with van der Waals surface area (Å²) in [5.74, 6) is 1.77. The van der Waals surface area contributed by atoms with Crippen LogP contribution in [0.4, 0.5) is 0 Å². The Bertz CT molecular complexity index is 194. The van der Waals surface area contributed by atoms with Gasteiger partial charge in [0.1, 0.15) is 0 Å². The Morgan fingerprint density at radius 3 is 2.64 bits per heavy atom. The van der Waals surface area contributed by atoms with Crippen LogP contribution in [0.3, 0.4) is 0 Å². The third kappa shape index (κ3) is 3.66. The van der Waals surface area contributed by atoms with Crippen LogP contribution in [0.15, 0.2) is 0 Å². The zero-order valence-electron chi connectivity index (χ0n) is 9.20. The number of nitrogens with zero attached hydrogens (tertiary/aromatic N) is 1. The average molecular weight is 199 g/mol. The van der Waals surface area contributed by atoms with Crippen molar-refractivity contribution in [2.75, 3.05) is 20.2 Å². The first kappa shape index (κ1) is 11.5. The van der Waals surface area contributed by atoms with Gasteiger partial charge in [0.05, 0.1) is 0 Å². The molecule has 1 fully saturated rings. The van der Waals surface area contributed by atoms with Crippen molar-refractivity contribution < 1.29 is 9.90 Å². The number of hydrogen-bond donors (Lipinski definition) is 1. The van der Waals surface area contributed by atoms with Crippen LogP contribution < -0.4 is 0 Å². The van der Waals surface area contributed by atoms with Crippen molar-refractivity contribution in [1.82, 2.24) is 4.90 Å². The molecule has 3 heteroatoms. The van der Waals surface area contributed by atoms with E-state index in [-0.39, 0.29) is 12.5 Å². The topological polar surface area (TPSA) is 40.5 Å². The number of unbranched alkanes of at least 4 members (excludes halogenated alkanes) is 1. The normalized spacial score (nSPS) is 24.8. The lowest BCUT2D eigenvalue weighted by Crippen LogP contribution is -2.28. The molecule has 82 valence electrons. The Labute approximate surface area is 86.1 Å². The standard InChI is InChI=1S/C11H21NO2/c1-9-7-10(9)8-12(2)11(14)5-3-4-6-13/h9-10,13H,3-8H2,1-2H3. The van der Waals surface area contributed by atoms with Crippen molar-refractivity contribution in [3.63, 3.8) is 0 Å². The van der Waals surface area contributed by atoms with Crippen molar-refractivity contribution in [1.29, 1.82) is 0 Å². The predicted octanol–water partition coefficient (Wildman–Crippen LogP) is 1.26. The maximum Gasteiger partial charge on any atom is 0.222 e. The largest absolute Gasteiger partial charge is 0.396 e. The molecule has 0 aliphatic heterocycles. The van der Waals surface area contributed by atoms with Gasteiger partial charge in [0, 0.05) is 26.6 Å². The number of aliphatic hydroxyl groups excluding tert-OH is 1. The van der Waals surface area contributed by atoms with E-state index in [0.717, 1.165) is 31.2 Å². The van der Waals surface area contributed by atoms with Gasteiger partial charge in [0.15, 0.2) is 0 Å². The zero-order chi connectivity index (χ0) is 10.6. The molecule has 1 amide bonds. The number of amides is 1. The molecule has 0 saturated heterocycles. The molecule has 2 unspecified atom stereocenters. The summed E-state index contributed by atoms with van der Waals surface area (Å²) in [6.45, 7) is 3.34. The Balaban J connectivity index is 2.09. The van der Waals surface area contributed by atoms with Crippen molar-refractivity contribution in [2.45, 2.75) is 32.6 Å². The average Bonchev–Trinajstić information content (AvgIpc) is 2.82. The summed E-state index contributed by atoms with van der Waals surface area (Å²) in [6.07, 6.45) is 3.39. The molecule has 1 rings (SSSR count). The summed E-state index contributed by atoms with van der Waals surface area (Å²) in [6, 6.07) is 0. The van der Waals surface area contributed by atoms with Gasteiger partial charge in [-0.15, -0.1) is 0 Å². The smallest absolute Gasteiger partial charge is 0.222 e. The minimum absolute atomic E-state index is 0.191. The lowest BCUT2D eigenvalue weighted by molar-refractivity contribution is -0.130. The molecule has 14 heavy (non-hydrogen) atoms. The van der Waals surface area contributed by atoms with E-state index in [2.05, 4.69) is 6.92 Å². The minimum Gasteiger partial charge on any atom is -0.396 e. The highest BCUT2D eigenvalue weighted by Crippen LogP contribution is 2.37.